The molecule has 1 aliphatic heterocycles. The number of hydrogen-bond donors (Lipinski definition) is 0. The highest BCUT2D eigenvalue weighted by molar-refractivity contribution is 6.46. The van der Waals surface area contributed by atoms with Gasteiger partial charge in [0.1, 0.15) is 12.2 Å². The zero-order chi connectivity index (χ0) is 34.7. The number of unbranched alkanes of at least 4 members (excludes halogenated alkanes) is 4. The number of halogens is 2. The van der Waals surface area contributed by atoms with Gasteiger partial charge in [0.25, 0.3) is 0 Å². The molecule has 0 saturated heterocycles. The van der Waals surface area contributed by atoms with Crippen LogP contribution in [0, 0.1) is 11.8 Å². The summed E-state index contributed by atoms with van der Waals surface area (Å²) in [7, 11) is 0. The summed E-state index contributed by atoms with van der Waals surface area (Å²) in [6, 6.07) is 0. The number of hydrogen-bond acceptors (Lipinski definition) is 6. The largest absolute Gasteiger partial charge is 0.462 e. The quantitative estimate of drug-likeness (QED) is 0.142. The highest BCUT2D eigenvalue weighted by Gasteiger charge is 2.30. The van der Waals surface area contributed by atoms with Gasteiger partial charge >= 0.3 is 11.9 Å². The molecule has 264 valence electrons. The summed E-state index contributed by atoms with van der Waals surface area (Å²) in [5.41, 5.74) is 1.31. The van der Waals surface area contributed by atoms with E-state index in [2.05, 4.69) is 13.8 Å². The molecule has 2 aliphatic carbocycles. The van der Waals surface area contributed by atoms with Crippen LogP contribution in [-0.4, -0.2) is 35.7 Å². The Hall–Kier alpha value is -2.70. The summed E-state index contributed by atoms with van der Waals surface area (Å²) in [6.07, 6.45) is 28.1. The first-order chi connectivity index (χ1) is 23.2. The van der Waals surface area contributed by atoms with Gasteiger partial charge in [0.2, 0.25) is 0 Å². The number of esters is 2. The Balaban J connectivity index is 1.74. The van der Waals surface area contributed by atoms with Crippen LogP contribution in [0.15, 0.2) is 69.8 Å². The van der Waals surface area contributed by atoms with E-state index in [9.17, 15) is 19.2 Å². The maximum Gasteiger partial charge on any atom is 0.306 e. The summed E-state index contributed by atoms with van der Waals surface area (Å²) in [5, 5.41) is 0.463. The zero-order valence-electron chi connectivity index (χ0n) is 28.9. The van der Waals surface area contributed by atoms with E-state index in [0.29, 0.717) is 75.4 Å². The molecule has 0 saturated carbocycles. The molecule has 0 aromatic rings. The molecule has 0 unspecified atom stereocenters. The molecule has 0 fully saturated rings. The van der Waals surface area contributed by atoms with Gasteiger partial charge in [-0.1, -0.05) is 111 Å². The molecule has 0 spiro atoms. The second-order valence-corrected chi connectivity index (χ2v) is 13.9. The Labute approximate surface area is 297 Å². The van der Waals surface area contributed by atoms with Crippen molar-refractivity contribution in [2.24, 2.45) is 11.8 Å². The van der Waals surface area contributed by atoms with Crippen LogP contribution in [0.25, 0.3) is 0 Å². The molecule has 48 heavy (non-hydrogen) atoms. The third-order valence-electron chi connectivity index (χ3n) is 9.13. The first kappa shape index (κ1) is 39.7. The molecule has 0 radical (unpaired) electrons. The normalized spacial score (nSPS) is 29.2. The Morgan fingerprint density at radius 2 is 1.02 bits per heavy atom. The third-order valence-corrected chi connectivity index (χ3v) is 9.72. The predicted octanol–water partition coefficient (Wildman–Crippen LogP) is 10.5. The van der Waals surface area contributed by atoms with Gasteiger partial charge in [0.15, 0.2) is 11.6 Å². The minimum Gasteiger partial charge on any atom is -0.462 e. The van der Waals surface area contributed by atoms with Crippen LogP contribution < -0.4 is 0 Å². The van der Waals surface area contributed by atoms with Gasteiger partial charge in [-0.3, -0.25) is 19.2 Å². The van der Waals surface area contributed by atoms with Crippen LogP contribution >= 0.6 is 23.2 Å². The van der Waals surface area contributed by atoms with Crippen LogP contribution in [0.3, 0.4) is 0 Å². The number of Topliss-reactive ketones (excluding diaryl/α,β-unsaturated/α-hetero) is 2. The van der Waals surface area contributed by atoms with Crippen molar-refractivity contribution in [3.63, 3.8) is 0 Å². The number of carbonyl (C=O) groups excluding carboxylic acids is 4. The fourth-order valence-corrected chi connectivity index (χ4v) is 6.85. The van der Waals surface area contributed by atoms with Crippen molar-refractivity contribution in [1.29, 1.82) is 0 Å². The summed E-state index contributed by atoms with van der Waals surface area (Å²) in [4.78, 5) is 51.4. The molecule has 0 bridgehead atoms. The number of rotatable bonds is 8. The van der Waals surface area contributed by atoms with Crippen molar-refractivity contribution in [2.75, 3.05) is 0 Å². The third kappa shape index (κ3) is 13.7. The Morgan fingerprint density at radius 3 is 1.42 bits per heavy atom. The minimum atomic E-state index is -0.290. The smallest absolute Gasteiger partial charge is 0.306 e. The fraction of sp³-hybridized carbons (Fsp3) is 0.600. The topological polar surface area (TPSA) is 86.7 Å². The van der Waals surface area contributed by atoms with Crippen LogP contribution in [0.2, 0.25) is 0 Å². The van der Waals surface area contributed by atoms with Crippen molar-refractivity contribution in [1.82, 2.24) is 0 Å². The summed E-state index contributed by atoms with van der Waals surface area (Å²) in [5.74, 6) is -1.03. The lowest BCUT2D eigenvalue weighted by Crippen LogP contribution is -2.18. The van der Waals surface area contributed by atoms with Gasteiger partial charge in [0.05, 0.1) is 10.1 Å². The number of carbonyl (C=O) groups is 4. The van der Waals surface area contributed by atoms with Gasteiger partial charge in [-0.05, 0) is 64.2 Å². The summed E-state index contributed by atoms with van der Waals surface area (Å²) >= 11 is 12.5. The monoisotopic (exact) mass is 700 g/mol. The molecule has 1 heterocycles. The number of ketones is 2. The molecule has 0 amide bonds. The molecule has 3 aliphatic rings. The fourth-order valence-electron chi connectivity index (χ4n) is 6.33. The van der Waals surface area contributed by atoms with E-state index in [0.717, 1.165) is 51.4 Å². The SMILES string of the molecule is CCCCC[C@H]1C/C=C2\C(=O)C(Cl)=C[C@@H]2C/C=C\CCCC(=O)O[C@@H](CCCCC)C/C=C2/C(=O)C(Cl)=C[C@@H]2C/C=C\CCCC(=O)O1. The van der Waals surface area contributed by atoms with Crippen LogP contribution in [0.4, 0.5) is 0 Å². The zero-order valence-corrected chi connectivity index (χ0v) is 30.4. The van der Waals surface area contributed by atoms with E-state index in [1.165, 1.54) is 0 Å². The second kappa shape index (κ2) is 22.1. The van der Waals surface area contributed by atoms with Gasteiger partial charge in [-0.2, -0.15) is 0 Å². The average molecular weight is 702 g/mol. The van der Waals surface area contributed by atoms with E-state index >= 15 is 0 Å². The van der Waals surface area contributed by atoms with Crippen molar-refractivity contribution in [3.8, 4) is 0 Å². The van der Waals surface area contributed by atoms with E-state index < -0.39 is 0 Å². The van der Waals surface area contributed by atoms with E-state index in [1.54, 1.807) is 12.2 Å². The maximum absolute atomic E-state index is 12.9. The molecule has 0 aromatic heterocycles. The van der Waals surface area contributed by atoms with E-state index in [4.69, 9.17) is 32.7 Å². The first-order valence-electron chi connectivity index (χ1n) is 18.2. The first-order valence-corrected chi connectivity index (χ1v) is 18.9. The number of allylic oxidation sites excluding steroid dienone is 10. The predicted molar refractivity (Wildman–Crippen MR) is 194 cm³/mol. The van der Waals surface area contributed by atoms with Crippen molar-refractivity contribution >= 4 is 46.7 Å². The minimum absolute atomic E-state index is 0.127. The molecule has 0 aromatic carbocycles. The lowest BCUT2D eigenvalue weighted by molar-refractivity contribution is -0.150. The highest BCUT2D eigenvalue weighted by atomic mass is 35.5. The molecule has 6 nitrogen and oxygen atoms in total. The van der Waals surface area contributed by atoms with E-state index in [-0.39, 0.29) is 57.6 Å². The maximum atomic E-state index is 12.9. The molecular formula is C40H54Cl2O6. The van der Waals surface area contributed by atoms with Gasteiger partial charge in [0, 0.05) is 48.7 Å². The Kier molecular flexibility index (Phi) is 18.3. The van der Waals surface area contributed by atoms with Gasteiger partial charge in [-0.25, -0.2) is 0 Å². The molecule has 3 rings (SSSR count). The molecular weight excluding hydrogens is 647 g/mol. The van der Waals surface area contributed by atoms with E-state index in [1.807, 2.05) is 36.5 Å². The highest BCUT2D eigenvalue weighted by Crippen LogP contribution is 2.34. The number of fused-ring (bicyclic) bond motifs is 2. The van der Waals surface area contributed by atoms with Crippen molar-refractivity contribution in [3.05, 3.63) is 69.8 Å². The van der Waals surface area contributed by atoms with Crippen molar-refractivity contribution in [2.45, 2.75) is 142 Å². The lowest BCUT2D eigenvalue weighted by Gasteiger charge is -2.18. The van der Waals surface area contributed by atoms with Gasteiger partial charge < -0.3 is 9.47 Å². The average Bonchev–Trinajstić information content (AvgIpc) is 3.49. The lowest BCUT2D eigenvalue weighted by atomic mass is 9.95. The molecule has 4 atom stereocenters. The number of cyclic esters (lactones) is 2. The van der Waals surface area contributed by atoms with Gasteiger partial charge in [-0.15, -0.1) is 0 Å². The Bertz CT molecular complexity index is 1190. The van der Waals surface area contributed by atoms with Crippen LogP contribution in [0.1, 0.15) is 129 Å². The van der Waals surface area contributed by atoms with Crippen molar-refractivity contribution < 1.29 is 28.7 Å². The van der Waals surface area contributed by atoms with Crippen LogP contribution in [-0.2, 0) is 28.7 Å². The molecule has 8 heteroatoms. The number of ether oxygens (including phenoxy) is 2. The standard InChI is InChI=1S/C40H54Cl2O6/c1-3-5-11-19-31-23-25-33-29(27-35(41)39(33)45)17-13-8-10-16-22-38(44)48-32(20-12-6-4-2)24-26-34-30(28-36(42)40(34)46)18-14-7-9-15-21-37(43)47-31/h7-8,13-14,25-32H,3-6,9-12,15-24H2,1-2H3/b13-8-,14-7-,33-25-,34-26+/t29-,30-,31-,32-/m0/s1. The Morgan fingerprint density at radius 1 is 0.604 bits per heavy atom. The second-order valence-electron chi connectivity index (χ2n) is 13.1. The van der Waals surface area contributed by atoms with Crippen LogP contribution in [0.5, 0.6) is 0 Å². The molecule has 0 N–H and O–H groups in total. The summed E-state index contributed by atoms with van der Waals surface area (Å²) in [6.45, 7) is 4.27. The summed E-state index contributed by atoms with van der Waals surface area (Å²) < 4.78 is 11.8.